The molecular weight excluding hydrogens is 286 g/mol. The van der Waals surface area contributed by atoms with Crippen molar-refractivity contribution >= 4 is 21.8 Å². The molecule has 1 amide bonds. The zero-order chi connectivity index (χ0) is 12.7. The van der Waals surface area contributed by atoms with Gasteiger partial charge in [0.25, 0.3) is 5.91 Å². The summed E-state index contributed by atoms with van der Waals surface area (Å²) >= 11 is 3.32. The van der Waals surface area contributed by atoms with Crippen LogP contribution in [0.4, 0.5) is 0 Å². The van der Waals surface area contributed by atoms with E-state index < -0.39 is 0 Å². The number of hydrogen-bond acceptors (Lipinski definition) is 3. The number of ether oxygens (including phenoxy) is 1. The third kappa shape index (κ3) is 4.36. The molecule has 0 unspecified atom stereocenters. The minimum absolute atomic E-state index is 0.149. The van der Waals surface area contributed by atoms with Crippen LogP contribution in [0.15, 0.2) is 22.7 Å². The Bertz CT molecular complexity index is 382. The normalized spacial score (nSPS) is 10.1. The summed E-state index contributed by atoms with van der Waals surface area (Å²) in [5, 5.41) is 11.4. The summed E-state index contributed by atoms with van der Waals surface area (Å²) in [6.45, 7) is 0.700. The maximum absolute atomic E-state index is 11.9. The van der Waals surface area contributed by atoms with Gasteiger partial charge in [-0.25, -0.2) is 0 Å². The van der Waals surface area contributed by atoms with Gasteiger partial charge in [0.2, 0.25) is 0 Å². The number of aliphatic hydroxyl groups excluding tert-OH is 1. The lowest BCUT2D eigenvalue weighted by Gasteiger charge is -2.09. The van der Waals surface area contributed by atoms with Crippen molar-refractivity contribution in [1.29, 1.82) is 0 Å². The number of nitrogens with one attached hydrogen (secondary N) is 1. The molecule has 1 aromatic rings. The van der Waals surface area contributed by atoms with Crippen LogP contribution in [0.1, 0.15) is 23.2 Å². The Labute approximate surface area is 109 Å². The minimum Gasteiger partial charge on any atom is -0.496 e. The summed E-state index contributed by atoms with van der Waals surface area (Å²) in [4.78, 5) is 11.9. The average molecular weight is 302 g/mol. The predicted molar refractivity (Wildman–Crippen MR) is 69.3 cm³/mol. The molecular formula is C12H16BrNO3. The van der Waals surface area contributed by atoms with Crippen LogP contribution in [0, 0.1) is 0 Å². The van der Waals surface area contributed by atoms with Gasteiger partial charge in [-0.05, 0) is 31.0 Å². The molecule has 0 spiro atoms. The van der Waals surface area contributed by atoms with Gasteiger partial charge in [-0.3, -0.25) is 4.79 Å². The summed E-state index contributed by atoms with van der Waals surface area (Å²) in [7, 11) is 1.53. The zero-order valence-corrected chi connectivity index (χ0v) is 11.3. The number of methoxy groups -OCH3 is 1. The van der Waals surface area contributed by atoms with Gasteiger partial charge in [-0.15, -0.1) is 0 Å². The van der Waals surface area contributed by atoms with Gasteiger partial charge in [0.05, 0.1) is 12.7 Å². The van der Waals surface area contributed by atoms with Crippen LogP contribution < -0.4 is 10.1 Å². The fourth-order valence-electron chi connectivity index (χ4n) is 1.39. The van der Waals surface area contributed by atoms with Crippen molar-refractivity contribution in [1.82, 2.24) is 5.32 Å². The van der Waals surface area contributed by atoms with Crippen LogP contribution in [-0.2, 0) is 0 Å². The van der Waals surface area contributed by atoms with Crippen molar-refractivity contribution in [2.75, 3.05) is 20.3 Å². The molecule has 0 aliphatic rings. The molecule has 1 rings (SSSR count). The van der Waals surface area contributed by atoms with E-state index in [1.807, 2.05) is 6.07 Å². The number of carbonyl (C=O) groups is 1. The van der Waals surface area contributed by atoms with E-state index in [1.165, 1.54) is 7.11 Å². The van der Waals surface area contributed by atoms with Gasteiger partial charge in [0, 0.05) is 17.6 Å². The molecule has 0 aromatic heterocycles. The molecule has 0 fully saturated rings. The van der Waals surface area contributed by atoms with E-state index in [4.69, 9.17) is 9.84 Å². The van der Waals surface area contributed by atoms with Crippen molar-refractivity contribution in [3.8, 4) is 5.75 Å². The molecule has 4 nitrogen and oxygen atoms in total. The van der Waals surface area contributed by atoms with E-state index in [9.17, 15) is 4.79 Å². The molecule has 0 radical (unpaired) electrons. The number of amides is 1. The fourth-order valence-corrected chi connectivity index (χ4v) is 1.75. The van der Waals surface area contributed by atoms with Crippen LogP contribution in [0.25, 0.3) is 0 Å². The highest BCUT2D eigenvalue weighted by Crippen LogP contribution is 2.22. The van der Waals surface area contributed by atoms with Gasteiger partial charge < -0.3 is 15.2 Å². The predicted octanol–water partition coefficient (Wildman–Crippen LogP) is 1.96. The maximum atomic E-state index is 11.9. The summed E-state index contributed by atoms with van der Waals surface area (Å²) in [5.41, 5.74) is 0.505. The topological polar surface area (TPSA) is 58.6 Å². The van der Waals surface area contributed by atoms with Gasteiger partial charge in [0.15, 0.2) is 0 Å². The molecule has 0 saturated heterocycles. The zero-order valence-electron chi connectivity index (χ0n) is 9.70. The minimum atomic E-state index is -0.166. The van der Waals surface area contributed by atoms with Crippen LogP contribution in [-0.4, -0.2) is 31.3 Å². The monoisotopic (exact) mass is 301 g/mol. The standard InChI is InChI=1S/C12H16BrNO3/c1-17-11-5-4-9(13)8-10(11)12(16)14-6-2-3-7-15/h4-5,8,15H,2-3,6-7H2,1H3,(H,14,16). The van der Waals surface area contributed by atoms with Crippen LogP contribution in [0.2, 0.25) is 0 Å². The number of hydrogen-bond donors (Lipinski definition) is 2. The number of unbranched alkanes of at least 4 members (excludes halogenated alkanes) is 1. The first-order valence-corrected chi connectivity index (χ1v) is 6.21. The Morgan fingerprint density at radius 2 is 2.24 bits per heavy atom. The first-order chi connectivity index (χ1) is 8.19. The first-order valence-electron chi connectivity index (χ1n) is 5.41. The molecule has 94 valence electrons. The number of halogens is 1. The Balaban J connectivity index is 2.64. The molecule has 0 saturated carbocycles. The molecule has 0 bridgehead atoms. The van der Waals surface area contributed by atoms with Crippen molar-refractivity contribution in [2.24, 2.45) is 0 Å². The van der Waals surface area contributed by atoms with E-state index in [1.54, 1.807) is 12.1 Å². The van der Waals surface area contributed by atoms with E-state index in [0.717, 1.165) is 10.9 Å². The van der Waals surface area contributed by atoms with Crippen molar-refractivity contribution in [3.05, 3.63) is 28.2 Å². The van der Waals surface area contributed by atoms with Crippen molar-refractivity contribution < 1.29 is 14.6 Å². The Morgan fingerprint density at radius 3 is 2.88 bits per heavy atom. The van der Waals surface area contributed by atoms with Crippen LogP contribution >= 0.6 is 15.9 Å². The summed E-state index contributed by atoms with van der Waals surface area (Å²) in [6.07, 6.45) is 1.45. The quantitative estimate of drug-likeness (QED) is 0.790. The van der Waals surface area contributed by atoms with E-state index in [-0.39, 0.29) is 12.5 Å². The van der Waals surface area contributed by atoms with Crippen molar-refractivity contribution in [3.63, 3.8) is 0 Å². The highest BCUT2D eigenvalue weighted by molar-refractivity contribution is 9.10. The highest BCUT2D eigenvalue weighted by Gasteiger charge is 2.11. The maximum Gasteiger partial charge on any atom is 0.255 e. The SMILES string of the molecule is COc1ccc(Br)cc1C(=O)NCCCCO. The Morgan fingerprint density at radius 1 is 1.47 bits per heavy atom. The second-order valence-electron chi connectivity index (χ2n) is 3.53. The Kier molecular flexibility index (Phi) is 6.00. The lowest BCUT2D eigenvalue weighted by atomic mass is 10.2. The number of benzene rings is 1. The van der Waals surface area contributed by atoms with Gasteiger partial charge in [-0.2, -0.15) is 0 Å². The molecule has 2 N–H and O–H groups in total. The third-order valence-electron chi connectivity index (χ3n) is 2.28. The Hall–Kier alpha value is -1.07. The van der Waals surface area contributed by atoms with Gasteiger partial charge in [0.1, 0.15) is 5.75 Å². The second kappa shape index (κ2) is 7.29. The van der Waals surface area contributed by atoms with Crippen LogP contribution in [0.3, 0.4) is 0 Å². The van der Waals surface area contributed by atoms with E-state index >= 15 is 0 Å². The highest BCUT2D eigenvalue weighted by atomic mass is 79.9. The largest absolute Gasteiger partial charge is 0.496 e. The van der Waals surface area contributed by atoms with Gasteiger partial charge in [-0.1, -0.05) is 15.9 Å². The first kappa shape index (κ1) is 14.0. The lowest BCUT2D eigenvalue weighted by Crippen LogP contribution is -2.25. The summed E-state index contributed by atoms with van der Waals surface area (Å²) < 4.78 is 5.96. The molecule has 1 aromatic carbocycles. The third-order valence-corrected chi connectivity index (χ3v) is 2.77. The molecule has 0 heterocycles. The van der Waals surface area contributed by atoms with E-state index in [0.29, 0.717) is 24.3 Å². The second-order valence-corrected chi connectivity index (χ2v) is 4.45. The number of carbonyl (C=O) groups excluding carboxylic acids is 1. The lowest BCUT2D eigenvalue weighted by molar-refractivity contribution is 0.0949. The van der Waals surface area contributed by atoms with E-state index in [2.05, 4.69) is 21.2 Å². The molecule has 0 atom stereocenters. The summed E-state index contributed by atoms with van der Waals surface area (Å²) in [6, 6.07) is 5.29. The molecule has 0 aliphatic heterocycles. The van der Waals surface area contributed by atoms with Crippen LogP contribution in [0.5, 0.6) is 5.75 Å². The van der Waals surface area contributed by atoms with Crippen molar-refractivity contribution in [2.45, 2.75) is 12.8 Å². The molecule has 5 heteroatoms. The summed E-state index contributed by atoms with van der Waals surface area (Å²) in [5.74, 6) is 0.383. The number of aliphatic hydroxyl groups is 1. The molecule has 17 heavy (non-hydrogen) atoms. The number of rotatable bonds is 6. The average Bonchev–Trinajstić information content (AvgIpc) is 2.34. The molecule has 0 aliphatic carbocycles. The smallest absolute Gasteiger partial charge is 0.255 e. The fraction of sp³-hybridized carbons (Fsp3) is 0.417. The van der Waals surface area contributed by atoms with Gasteiger partial charge >= 0.3 is 0 Å².